The van der Waals surface area contributed by atoms with Gasteiger partial charge in [0.15, 0.2) is 0 Å². The second-order valence-electron chi connectivity index (χ2n) is 4.84. The molecular formula is C14H16F3N3O4. The Hall–Kier alpha value is -2.62. The Kier molecular flexibility index (Phi) is 6.71. The van der Waals surface area contributed by atoms with Crippen LogP contribution in [0.1, 0.15) is 18.4 Å². The molecule has 0 aromatic heterocycles. The Morgan fingerprint density at radius 3 is 2.50 bits per heavy atom. The molecule has 0 saturated carbocycles. The van der Waals surface area contributed by atoms with Crippen LogP contribution in [-0.4, -0.2) is 35.6 Å². The summed E-state index contributed by atoms with van der Waals surface area (Å²) in [4.78, 5) is 31.5. The molecule has 0 spiro atoms. The molecule has 0 fully saturated rings. The minimum atomic E-state index is -5.08. The van der Waals surface area contributed by atoms with Crippen LogP contribution in [0.3, 0.4) is 0 Å². The fourth-order valence-corrected chi connectivity index (χ4v) is 1.79. The zero-order valence-electron chi connectivity index (χ0n) is 12.4. The highest BCUT2D eigenvalue weighted by Gasteiger charge is 2.38. The summed E-state index contributed by atoms with van der Waals surface area (Å²) in [6.45, 7) is 0.510. The van der Waals surface area contributed by atoms with E-state index in [4.69, 9.17) is 15.6 Å². The molecule has 1 aromatic rings. The molecule has 1 heterocycles. The Bertz CT molecular complexity index is 632. The van der Waals surface area contributed by atoms with E-state index in [9.17, 15) is 22.8 Å². The normalized spacial score (nSPS) is 12.6. The number of halogens is 3. The zero-order chi connectivity index (χ0) is 18.3. The summed E-state index contributed by atoms with van der Waals surface area (Å²) in [5.74, 6) is -2.81. The van der Waals surface area contributed by atoms with E-state index in [0.29, 0.717) is 25.8 Å². The van der Waals surface area contributed by atoms with Crippen LogP contribution in [-0.2, 0) is 20.8 Å². The van der Waals surface area contributed by atoms with Crippen molar-refractivity contribution < 1.29 is 32.7 Å². The zero-order valence-corrected chi connectivity index (χ0v) is 12.4. The van der Waals surface area contributed by atoms with Gasteiger partial charge in [-0.3, -0.25) is 9.59 Å². The standard InChI is InChI=1S/C12H15N3O2.C2HF3O2/c13-5-1-2-11(16)14-9-3-4-10-8(6-9)7-12(17)15-10;3-2(4,5)1(6)7/h3-4,6H,1-2,5,7,13H2,(H,14,16)(H,15,17);(H,6,7). The van der Waals surface area contributed by atoms with Gasteiger partial charge in [0.1, 0.15) is 0 Å². The second-order valence-corrected chi connectivity index (χ2v) is 4.84. The topological polar surface area (TPSA) is 122 Å². The summed E-state index contributed by atoms with van der Waals surface area (Å²) in [7, 11) is 0. The van der Waals surface area contributed by atoms with Crippen molar-refractivity contribution in [1.82, 2.24) is 0 Å². The highest BCUT2D eigenvalue weighted by molar-refractivity contribution is 6.00. The van der Waals surface area contributed by atoms with Gasteiger partial charge in [0.05, 0.1) is 6.42 Å². The van der Waals surface area contributed by atoms with Gasteiger partial charge in [-0.2, -0.15) is 13.2 Å². The summed E-state index contributed by atoms with van der Waals surface area (Å²) < 4.78 is 31.7. The monoisotopic (exact) mass is 347 g/mol. The Morgan fingerprint density at radius 1 is 1.33 bits per heavy atom. The molecule has 0 radical (unpaired) electrons. The largest absolute Gasteiger partial charge is 0.490 e. The van der Waals surface area contributed by atoms with Crippen LogP contribution >= 0.6 is 0 Å². The highest BCUT2D eigenvalue weighted by Crippen LogP contribution is 2.26. The summed E-state index contributed by atoms with van der Waals surface area (Å²) in [5, 5.41) is 12.7. The van der Waals surface area contributed by atoms with E-state index in [2.05, 4.69) is 10.6 Å². The van der Waals surface area contributed by atoms with Gasteiger partial charge in [-0.15, -0.1) is 0 Å². The van der Waals surface area contributed by atoms with Crippen molar-refractivity contribution in [2.24, 2.45) is 5.73 Å². The molecule has 7 nitrogen and oxygen atoms in total. The first-order chi connectivity index (χ1) is 11.1. The lowest BCUT2D eigenvalue weighted by molar-refractivity contribution is -0.192. The van der Waals surface area contributed by atoms with Crippen molar-refractivity contribution in [3.05, 3.63) is 23.8 Å². The molecule has 0 bridgehead atoms. The molecule has 2 amide bonds. The van der Waals surface area contributed by atoms with E-state index in [1.807, 2.05) is 6.07 Å². The third kappa shape index (κ3) is 6.24. The first-order valence-corrected chi connectivity index (χ1v) is 6.86. The number of carboxylic acids is 1. The molecule has 2 rings (SSSR count). The minimum absolute atomic E-state index is 0.00777. The number of rotatable bonds is 4. The van der Waals surface area contributed by atoms with Crippen LogP contribution in [0.15, 0.2) is 18.2 Å². The molecule has 0 aliphatic carbocycles. The SMILES string of the molecule is NCCCC(=O)Nc1ccc2c(c1)CC(=O)N2.O=C(O)C(F)(F)F. The van der Waals surface area contributed by atoms with Gasteiger partial charge < -0.3 is 21.5 Å². The smallest absolute Gasteiger partial charge is 0.475 e. The van der Waals surface area contributed by atoms with Crippen LogP contribution in [0.2, 0.25) is 0 Å². The molecule has 132 valence electrons. The van der Waals surface area contributed by atoms with E-state index >= 15 is 0 Å². The first-order valence-electron chi connectivity index (χ1n) is 6.86. The molecule has 10 heteroatoms. The third-order valence-corrected chi connectivity index (χ3v) is 2.86. The van der Waals surface area contributed by atoms with E-state index in [1.165, 1.54) is 0 Å². The lowest BCUT2D eigenvalue weighted by Gasteiger charge is -2.06. The minimum Gasteiger partial charge on any atom is -0.475 e. The number of nitrogens with one attached hydrogen (secondary N) is 2. The first kappa shape index (κ1) is 19.4. The number of carbonyl (C=O) groups is 3. The van der Waals surface area contributed by atoms with Gasteiger partial charge in [0, 0.05) is 17.8 Å². The highest BCUT2D eigenvalue weighted by atomic mass is 19.4. The molecular weight excluding hydrogens is 331 g/mol. The predicted octanol–water partition coefficient (Wildman–Crippen LogP) is 1.49. The summed E-state index contributed by atoms with van der Waals surface area (Å²) in [5.41, 5.74) is 7.81. The van der Waals surface area contributed by atoms with Crippen molar-refractivity contribution in [2.75, 3.05) is 17.2 Å². The van der Waals surface area contributed by atoms with Gasteiger partial charge in [0.25, 0.3) is 0 Å². The van der Waals surface area contributed by atoms with E-state index < -0.39 is 12.1 Å². The number of fused-ring (bicyclic) bond motifs is 1. The van der Waals surface area contributed by atoms with Crippen molar-refractivity contribution in [1.29, 1.82) is 0 Å². The summed E-state index contributed by atoms with van der Waals surface area (Å²) >= 11 is 0. The van der Waals surface area contributed by atoms with Gasteiger partial charge >= 0.3 is 12.1 Å². The van der Waals surface area contributed by atoms with Gasteiger partial charge in [-0.25, -0.2) is 4.79 Å². The van der Waals surface area contributed by atoms with Gasteiger partial charge in [-0.05, 0) is 36.7 Å². The van der Waals surface area contributed by atoms with Crippen molar-refractivity contribution in [3.63, 3.8) is 0 Å². The average molecular weight is 347 g/mol. The van der Waals surface area contributed by atoms with Crippen molar-refractivity contribution in [2.45, 2.75) is 25.4 Å². The molecule has 1 aliphatic rings. The Labute approximate surface area is 135 Å². The maximum absolute atomic E-state index is 11.5. The summed E-state index contributed by atoms with van der Waals surface area (Å²) in [6, 6.07) is 5.41. The quantitative estimate of drug-likeness (QED) is 0.657. The fraction of sp³-hybridized carbons (Fsp3) is 0.357. The van der Waals surface area contributed by atoms with Crippen LogP contribution < -0.4 is 16.4 Å². The predicted molar refractivity (Wildman–Crippen MR) is 79.4 cm³/mol. The number of anilines is 2. The molecule has 0 atom stereocenters. The molecule has 5 N–H and O–H groups in total. The summed E-state index contributed by atoms with van der Waals surface area (Å²) in [6.07, 6.45) is -3.61. The Balaban J connectivity index is 0.000000351. The maximum atomic E-state index is 11.5. The molecule has 0 saturated heterocycles. The third-order valence-electron chi connectivity index (χ3n) is 2.86. The van der Waals surface area contributed by atoms with Crippen LogP contribution in [0, 0.1) is 0 Å². The average Bonchev–Trinajstić information content (AvgIpc) is 2.84. The number of carboxylic acid groups (broad SMARTS) is 1. The second kappa shape index (κ2) is 8.29. The maximum Gasteiger partial charge on any atom is 0.490 e. The molecule has 0 unspecified atom stereocenters. The van der Waals surface area contributed by atoms with Crippen LogP contribution in [0.5, 0.6) is 0 Å². The van der Waals surface area contributed by atoms with E-state index in [-0.39, 0.29) is 11.8 Å². The van der Waals surface area contributed by atoms with Crippen molar-refractivity contribution in [3.8, 4) is 0 Å². The lowest BCUT2D eigenvalue weighted by Crippen LogP contribution is -2.21. The number of alkyl halides is 3. The number of carbonyl (C=O) groups excluding carboxylic acids is 2. The molecule has 1 aromatic carbocycles. The van der Waals surface area contributed by atoms with Gasteiger partial charge in [0.2, 0.25) is 11.8 Å². The van der Waals surface area contributed by atoms with E-state index in [0.717, 1.165) is 16.9 Å². The number of aliphatic carboxylic acids is 1. The number of amides is 2. The van der Waals surface area contributed by atoms with Crippen LogP contribution in [0.4, 0.5) is 24.5 Å². The number of nitrogens with two attached hydrogens (primary N) is 1. The number of benzene rings is 1. The van der Waals surface area contributed by atoms with E-state index in [1.54, 1.807) is 12.1 Å². The number of hydrogen-bond acceptors (Lipinski definition) is 4. The molecule has 24 heavy (non-hydrogen) atoms. The van der Waals surface area contributed by atoms with Crippen LogP contribution in [0.25, 0.3) is 0 Å². The fourth-order valence-electron chi connectivity index (χ4n) is 1.79. The van der Waals surface area contributed by atoms with Crippen molar-refractivity contribution >= 4 is 29.2 Å². The van der Waals surface area contributed by atoms with Gasteiger partial charge in [-0.1, -0.05) is 0 Å². The number of hydrogen-bond donors (Lipinski definition) is 4. The molecule has 1 aliphatic heterocycles. The lowest BCUT2D eigenvalue weighted by atomic mass is 10.1. The Morgan fingerprint density at radius 2 is 1.96 bits per heavy atom.